The number of rotatable bonds is 9. The molecule has 2 aromatic rings. The number of halogens is 2. The number of nitrogens with zero attached hydrogens (tertiary/aromatic N) is 2. The highest BCUT2D eigenvalue weighted by Gasteiger charge is 2.25. The zero-order valence-electron chi connectivity index (χ0n) is 18.2. The van der Waals surface area contributed by atoms with Crippen molar-refractivity contribution in [1.82, 2.24) is 10.7 Å². The lowest BCUT2D eigenvalue weighted by Gasteiger charge is -2.21. The highest BCUT2D eigenvalue weighted by atomic mass is 35.5. The third kappa shape index (κ3) is 6.97. The summed E-state index contributed by atoms with van der Waals surface area (Å²) in [5.74, 6) is -1.02. The van der Waals surface area contributed by atoms with Crippen LogP contribution in [0.4, 0.5) is 5.69 Å². The van der Waals surface area contributed by atoms with Gasteiger partial charge in [0.2, 0.25) is 0 Å². The minimum absolute atomic E-state index is 0.154. The van der Waals surface area contributed by atoms with E-state index in [1.54, 1.807) is 12.3 Å². The Bertz CT molecular complexity index is 926. The number of hydrazone groups is 1. The first-order chi connectivity index (χ1) is 14.8. The Kier molecular flexibility index (Phi) is 9.34. The van der Waals surface area contributed by atoms with Crippen LogP contribution in [0.3, 0.4) is 0 Å². The predicted octanol–water partition coefficient (Wildman–Crippen LogP) is 4.74. The van der Waals surface area contributed by atoms with Crippen molar-refractivity contribution >= 4 is 46.9 Å². The van der Waals surface area contributed by atoms with Crippen LogP contribution in [0.5, 0.6) is 0 Å². The molecule has 0 spiro atoms. The topological polar surface area (TPSA) is 73.8 Å². The van der Waals surface area contributed by atoms with E-state index in [0.717, 1.165) is 24.3 Å². The first kappa shape index (κ1) is 24.7. The molecule has 0 saturated carbocycles. The number of amides is 2. The number of benzene rings is 2. The number of carbonyl (C=O) groups is 2. The molecule has 8 heteroatoms. The molecule has 6 nitrogen and oxygen atoms in total. The third-order valence-electron chi connectivity index (χ3n) is 4.82. The summed E-state index contributed by atoms with van der Waals surface area (Å²) in [6.45, 7) is 9.76. The van der Waals surface area contributed by atoms with Crippen LogP contribution in [0.25, 0.3) is 0 Å². The van der Waals surface area contributed by atoms with Gasteiger partial charge >= 0.3 is 0 Å². The number of hydrogen-bond donors (Lipinski definition) is 2. The molecule has 0 aliphatic heterocycles. The van der Waals surface area contributed by atoms with Gasteiger partial charge in [0.15, 0.2) is 0 Å². The molecule has 0 bridgehead atoms. The number of carbonyl (C=O) groups excluding carboxylic acids is 2. The van der Waals surface area contributed by atoms with Gasteiger partial charge in [-0.05, 0) is 55.7 Å². The fourth-order valence-electron chi connectivity index (χ4n) is 3.03. The molecular formula is C23H28Cl2N4O2. The maximum absolute atomic E-state index is 12.6. The van der Waals surface area contributed by atoms with Crippen LogP contribution in [-0.2, 0) is 4.79 Å². The zero-order valence-corrected chi connectivity index (χ0v) is 19.7. The Hall–Kier alpha value is -2.57. The fraction of sp³-hybridized carbons (Fsp3) is 0.348. The highest BCUT2D eigenvalue weighted by molar-refractivity contribution is 6.36. The average Bonchev–Trinajstić information content (AvgIpc) is 2.73. The van der Waals surface area contributed by atoms with E-state index in [-0.39, 0.29) is 16.5 Å². The van der Waals surface area contributed by atoms with Gasteiger partial charge in [0.05, 0.1) is 16.8 Å². The molecule has 0 aliphatic rings. The molecule has 0 fully saturated rings. The maximum Gasteiger partial charge on any atom is 0.262 e. The van der Waals surface area contributed by atoms with Crippen molar-refractivity contribution in [3.05, 3.63) is 63.6 Å². The predicted molar refractivity (Wildman–Crippen MR) is 128 cm³/mol. The van der Waals surface area contributed by atoms with Crippen LogP contribution in [0.2, 0.25) is 10.0 Å². The van der Waals surface area contributed by atoms with Gasteiger partial charge in [-0.2, -0.15) is 5.10 Å². The molecule has 2 aromatic carbocycles. The van der Waals surface area contributed by atoms with Crippen molar-refractivity contribution in [3.63, 3.8) is 0 Å². The molecule has 0 aromatic heterocycles. The summed E-state index contributed by atoms with van der Waals surface area (Å²) in [6.07, 6.45) is 1.57. The second kappa shape index (κ2) is 11.7. The lowest BCUT2D eigenvalue weighted by atomic mass is 10.0. The monoisotopic (exact) mass is 462 g/mol. The molecule has 0 aliphatic carbocycles. The van der Waals surface area contributed by atoms with Crippen LogP contribution in [0, 0.1) is 5.92 Å². The van der Waals surface area contributed by atoms with Gasteiger partial charge in [-0.1, -0.05) is 49.2 Å². The minimum atomic E-state index is -0.776. The molecule has 166 valence electrons. The Morgan fingerprint density at radius 3 is 2.26 bits per heavy atom. The van der Waals surface area contributed by atoms with Crippen molar-refractivity contribution in [2.75, 3.05) is 18.0 Å². The average molecular weight is 463 g/mol. The fourth-order valence-corrected chi connectivity index (χ4v) is 3.52. The second-order valence-corrected chi connectivity index (χ2v) is 8.16. The molecule has 0 heterocycles. The Balaban J connectivity index is 2.01. The summed E-state index contributed by atoms with van der Waals surface area (Å²) < 4.78 is 0. The molecule has 2 amide bonds. The standard InChI is InChI=1S/C23H28Cl2N4O2/c1-5-29(6-2)18-10-7-16(8-11-18)14-26-28-23(31)21(15(3)4)27-22(30)19-12-9-17(24)13-20(19)25/h7-15,21H,5-6H2,1-4H3,(H,27,30)(H,28,31). The largest absolute Gasteiger partial charge is 0.372 e. The van der Waals surface area contributed by atoms with Gasteiger partial charge in [0.1, 0.15) is 6.04 Å². The van der Waals surface area contributed by atoms with Crippen molar-refractivity contribution in [2.45, 2.75) is 33.7 Å². The molecule has 1 unspecified atom stereocenters. The van der Waals surface area contributed by atoms with E-state index >= 15 is 0 Å². The van der Waals surface area contributed by atoms with Gasteiger partial charge in [-0.3, -0.25) is 9.59 Å². The SMILES string of the molecule is CCN(CC)c1ccc(C=NNC(=O)C(NC(=O)c2ccc(Cl)cc2Cl)C(C)C)cc1. The molecule has 2 N–H and O–H groups in total. The van der Waals surface area contributed by atoms with Gasteiger partial charge in [0.25, 0.3) is 11.8 Å². The summed E-state index contributed by atoms with van der Waals surface area (Å²) in [7, 11) is 0. The molecule has 0 radical (unpaired) electrons. The molecule has 0 saturated heterocycles. The van der Waals surface area contributed by atoms with Gasteiger partial charge in [-0.15, -0.1) is 0 Å². The van der Waals surface area contributed by atoms with Crippen LogP contribution in [0.1, 0.15) is 43.6 Å². The smallest absolute Gasteiger partial charge is 0.262 e. The zero-order chi connectivity index (χ0) is 23.0. The van der Waals surface area contributed by atoms with E-state index < -0.39 is 17.9 Å². The molecule has 31 heavy (non-hydrogen) atoms. The maximum atomic E-state index is 12.6. The summed E-state index contributed by atoms with van der Waals surface area (Å²) in [4.78, 5) is 27.4. The lowest BCUT2D eigenvalue weighted by Crippen LogP contribution is -2.48. The number of hydrogen-bond acceptors (Lipinski definition) is 4. The van der Waals surface area contributed by atoms with Gasteiger partial charge < -0.3 is 10.2 Å². The van der Waals surface area contributed by atoms with E-state index in [2.05, 4.69) is 34.6 Å². The van der Waals surface area contributed by atoms with Crippen molar-refractivity contribution in [2.24, 2.45) is 11.0 Å². The summed E-state index contributed by atoms with van der Waals surface area (Å²) >= 11 is 12.0. The normalized spacial score (nSPS) is 12.1. The van der Waals surface area contributed by atoms with E-state index in [1.165, 1.54) is 12.1 Å². The Labute approximate surface area is 193 Å². The second-order valence-electron chi connectivity index (χ2n) is 7.32. The minimum Gasteiger partial charge on any atom is -0.372 e. The first-order valence-corrected chi connectivity index (χ1v) is 11.0. The Morgan fingerprint density at radius 2 is 1.71 bits per heavy atom. The molecule has 1 atom stereocenters. The summed E-state index contributed by atoms with van der Waals surface area (Å²) in [5.41, 5.74) is 4.75. The van der Waals surface area contributed by atoms with Crippen LogP contribution in [0.15, 0.2) is 47.6 Å². The van der Waals surface area contributed by atoms with E-state index in [9.17, 15) is 9.59 Å². The number of anilines is 1. The van der Waals surface area contributed by atoms with Crippen LogP contribution >= 0.6 is 23.2 Å². The van der Waals surface area contributed by atoms with Crippen molar-refractivity contribution < 1.29 is 9.59 Å². The van der Waals surface area contributed by atoms with E-state index in [1.807, 2.05) is 38.1 Å². The summed E-state index contributed by atoms with van der Waals surface area (Å²) in [5, 5.41) is 7.40. The van der Waals surface area contributed by atoms with E-state index in [4.69, 9.17) is 23.2 Å². The highest BCUT2D eigenvalue weighted by Crippen LogP contribution is 2.21. The quantitative estimate of drug-likeness (QED) is 0.417. The molecule has 2 rings (SSSR count). The lowest BCUT2D eigenvalue weighted by molar-refractivity contribution is -0.123. The van der Waals surface area contributed by atoms with Crippen molar-refractivity contribution in [1.29, 1.82) is 0 Å². The van der Waals surface area contributed by atoms with Crippen LogP contribution in [-0.4, -0.2) is 37.2 Å². The van der Waals surface area contributed by atoms with Crippen molar-refractivity contribution in [3.8, 4) is 0 Å². The number of nitrogens with one attached hydrogen (secondary N) is 2. The van der Waals surface area contributed by atoms with Gasteiger partial charge in [0, 0.05) is 23.8 Å². The summed E-state index contributed by atoms with van der Waals surface area (Å²) in [6, 6.07) is 11.7. The third-order valence-corrected chi connectivity index (χ3v) is 5.37. The van der Waals surface area contributed by atoms with Crippen LogP contribution < -0.4 is 15.6 Å². The first-order valence-electron chi connectivity index (χ1n) is 10.2. The Morgan fingerprint density at radius 1 is 1.06 bits per heavy atom. The van der Waals surface area contributed by atoms with Gasteiger partial charge in [-0.25, -0.2) is 5.43 Å². The van der Waals surface area contributed by atoms with E-state index in [0.29, 0.717) is 5.02 Å². The molecular weight excluding hydrogens is 435 g/mol.